The molecule has 0 aromatic carbocycles. The number of nitrogens with zero attached hydrogens (tertiary/aromatic N) is 2. The predicted molar refractivity (Wildman–Crippen MR) is 53.3 cm³/mol. The maximum atomic E-state index is 4.26. The third-order valence-electron chi connectivity index (χ3n) is 1.59. The summed E-state index contributed by atoms with van der Waals surface area (Å²) < 4.78 is 0. The molecule has 0 unspecified atom stereocenters. The third-order valence-corrected chi connectivity index (χ3v) is 1.59. The summed E-state index contributed by atoms with van der Waals surface area (Å²) in [4.78, 5) is 8.37. The molecule has 0 aliphatic carbocycles. The van der Waals surface area contributed by atoms with E-state index in [2.05, 4.69) is 34.7 Å². The molecule has 4 heteroatoms. The van der Waals surface area contributed by atoms with Crippen LogP contribution in [0.25, 0.3) is 11.4 Å². The van der Waals surface area contributed by atoms with Gasteiger partial charge in [0, 0.05) is 12.4 Å². The molecular weight excluding hydrogens is 242 g/mol. The Balaban J connectivity index is 0.000000461. The first-order valence-electron chi connectivity index (χ1n) is 3.91. The van der Waals surface area contributed by atoms with Gasteiger partial charge in [-0.15, -0.1) is 0 Å². The summed E-state index contributed by atoms with van der Waals surface area (Å²) in [5.74, 6) is 0. The van der Waals surface area contributed by atoms with Crippen LogP contribution in [0, 0.1) is 0 Å². The Labute approximate surface area is 95.0 Å². The summed E-state index contributed by atoms with van der Waals surface area (Å²) in [6, 6.07) is 11.6. The molecule has 2 rings (SSSR count). The van der Waals surface area contributed by atoms with Crippen molar-refractivity contribution < 1.29 is 14.6 Å². The fourth-order valence-corrected chi connectivity index (χ4v) is 1.03. The largest absolute Gasteiger partial charge is 0.255 e. The van der Waals surface area contributed by atoms with E-state index in [1.165, 1.54) is 0 Å². The van der Waals surface area contributed by atoms with Crippen molar-refractivity contribution in [2.24, 2.45) is 0 Å². The van der Waals surface area contributed by atoms with Crippen LogP contribution in [-0.2, 0) is 14.6 Å². The minimum Gasteiger partial charge on any atom is -0.255 e. The second kappa shape index (κ2) is 6.52. The zero-order valence-corrected chi connectivity index (χ0v) is 8.95. The first-order valence-corrected chi connectivity index (χ1v) is 5.27. The summed E-state index contributed by atoms with van der Waals surface area (Å²) in [6.45, 7) is 0. The van der Waals surface area contributed by atoms with Gasteiger partial charge in [0.25, 0.3) is 0 Å². The van der Waals surface area contributed by atoms with Crippen molar-refractivity contribution in [3.8, 4) is 11.4 Å². The van der Waals surface area contributed by atoms with Crippen molar-refractivity contribution in [2.45, 2.75) is 0 Å². The molecule has 0 fully saturated rings. The van der Waals surface area contributed by atoms with Crippen LogP contribution in [-0.4, -0.2) is 9.97 Å². The van der Waals surface area contributed by atoms with E-state index in [-0.39, 0.29) is 0 Å². The molecule has 0 saturated carbocycles. The number of rotatable bonds is 1. The number of hydrogen-bond acceptors (Lipinski definition) is 2. The smallest absolute Gasteiger partial charge is 0.0886 e. The maximum absolute atomic E-state index is 4.26. The molecule has 0 N–H and O–H groups in total. The number of hydrogen-bond donors (Lipinski definition) is 0. The van der Waals surface area contributed by atoms with Crippen molar-refractivity contribution in [1.29, 1.82) is 0 Å². The van der Waals surface area contributed by atoms with Gasteiger partial charge < -0.3 is 0 Å². The van der Waals surface area contributed by atoms with E-state index in [0.29, 0.717) is 0 Å². The van der Waals surface area contributed by atoms with Crippen molar-refractivity contribution in [3.63, 3.8) is 0 Å². The van der Waals surface area contributed by atoms with Crippen molar-refractivity contribution in [2.75, 3.05) is 0 Å². The van der Waals surface area contributed by atoms with E-state index in [1.807, 2.05) is 36.4 Å². The Morgan fingerprint density at radius 1 is 0.786 bits per heavy atom. The SMILES string of the molecule is [Cl][Ni].c1ccc(-c2ccccn2)nc1. The standard InChI is InChI=1S/C10H8N2.ClH.Ni/c1-3-7-11-9(5-1)10-6-2-4-8-12-10;;/h1-8H;1H;/q;;+1/p-1. The summed E-state index contributed by atoms with van der Waals surface area (Å²) >= 11 is 3.35. The summed E-state index contributed by atoms with van der Waals surface area (Å²) in [5.41, 5.74) is 1.83. The maximum Gasteiger partial charge on any atom is 0.0886 e. The van der Waals surface area contributed by atoms with Crippen molar-refractivity contribution in [1.82, 2.24) is 9.97 Å². The van der Waals surface area contributed by atoms with Crippen molar-refractivity contribution in [3.05, 3.63) is 48.8 Å². The third kappa shape index (κ3) is 3.09. The fraction of sp³-hybridized carbons (Fsp3) is 0. The molecule has 2 nitrogen and oxygen atoms in total. The molecule has 0 amide bonds. The van der Waals surface area contributed by atoms with Crippen LogP contribution in [0.15, 0.2) is 48.8 Å². The molecule has 0 atom stereocenters. The Hall–Kier alpha value is -0.916. The topological polar surface area (TPSA) is 25.8 Å². The molecule has 2 heterocycles. The predicted octanol–water partition coefficient (Wildman–Crippen LogP) is 2.83. The van der Waals surface area contributed by atoms with E-state index >= 15 is 0 Å². The first kappa shape index (κ1) is 11.2. The molecule has 14 heavy (non-hydrogen) atoms. The zero-order chi connectivity index (χ0) is 10.2. The monoisotopic (exact) mass is 249 g/mol. The molecule has 0 spiro atoms. The quantitative estimate of drug-likeness (QED) is 0.727. The van der Waals surface area contributed by atoms with Crippen LogP contribution in [0.1, 0.15) is 0 Å². The van der Waals surface area contributed by atoms with Gasteiger partial charge in [0.2, 0.25) is 0 Å². The van der Waals surface area contributed by atoms with Gasteiger partial charge in [-0.3, -0.25) is 9.97 Å². The number of aromatic nitrogens is 2. The van der Waals surface area contributed by atoms with Crippen LogP contribution >= 0.6 is 10.2 Å². The van der Waals surface area contributed by atoms with Gasteiger partial charge >= 0.3 is 24.8 Å². The summed E-state index contributed by atoms with van der Waals surface area (Å²) in [7, 11) is 4.26. The minimum atomic E-state index is 0.915. The van der Waals surface area contributed by atoms with Crippen LogP contribution in [0.4, 0.5) is 0 Å². The van der Waals surface area contributed by atoms with E-state index in [9.17, 15) is 0 Å². The van der Waals surface area contributed by atoms with Crippen LogP contribution < -0.4 is 0 Å². The van der Waals surface area contributed by atoms with E-state index in [0.717, 1.165) is 11.4 Å². The van der Waals surface area contributed by atoms with Gasteiger partial charge in [0.1, 0.15) is 0 Å². The average Bonchev–Trinajstić information content (AvgIpc) is 2.34. The minimum absolute atomic E-state index is 0.915. The van der Waals surface area contributed by atoms with Crippen molar-refractivity contribution >= 4 is 10.2 Å². The number of pyridine rings is 2. The van der Waals surface area contributed by atoms with Gasteiger partial charge in [0.15, 0.2) is 0 Å². The molecule has 75 valence electrons. The average molecular weight is 250 g/mol. The summed E-state index contributed by atoms with van der Waals surface area (Å²) in [6.07, 6.45) is 3.54. The molecule has 0 bridgehead atoms. The molecule has 0 aliphatic heterocycles. The zero-order valence-electron chi connectivity index (χ0n) is 7.21. The molecular formula is C10H8ClN2Ni. The Bertz CT molecular complexity index is 316. The first-order chi connectivity index (χ1) is 6.97. The van der Waals surface area contributed by atoms with Gasteiger partial charge in [-0.1, -0.05) is 12.1 Å². The molecule has 0 saturated heterocycles. The summed E-state index contributed by atoms with van der Waals surface area (Å²) in [5, 5.41) is 0. The van der Waals surface area contributed by atoms with Crippen LogP contribution in [0.2, 0.25) is 0 Å². The van der Waals surface area contributed by atoms with E-state index in [1.54, 1.807) is 12.4 Å². The van der Waals surface area contributed by atoms with Crippen LogP contribution in [0.5, 0.6) is 0 Å². The van der Waals surface area contributed by atoms with Gasteiger partial charge in [0.05, 0.1) is 11.4 Å². The Morgan fingerprint density at radius 3 is 1.50 bits per heavy atom. The molecule has 2 aromatic rings. The Kier molecular flexibility index (Phi) is 5.20. The normalized spacial score (nSPS) is 8.79. The second-order valence-electron chi connectivity index (χ2n) is 2.43. The molecule has 0 aliphatic rings. The molecule has 0 radical (unpaired) electrons. The second-order valence-corrected chi connectivity index (χ2v) is 2.43. The number of halogens is 1. The Morgan fingerprint density at radius 2 is 1.21 bits per heavy atom. The molecule has 2 aromatic heterocycles. The van der Waals surface area contributed by atoms with Gasteiger partial charge in [-0.05, 0) is 24.3 Å². The van der Waals surface area contributed by atoms with Gasteiger partial charge in [-0.2, -0.15) is 0 Å². The van der Waals surface area contributed by atoms with E-state index < -0.39 is 0 Å². The fourth-order valence-electron chi connectivity index (χ4n) is 1.03. The van der Waals surface area contributed by atoms with E-state index in [4.69, 9.17) is 0 Å². The van der Waals surface area contributed by atoms with Gasteiger partial charge in [-0.25, -0.2) is 0 Å². The van der Waals surface area contributed by atoms with Crippen LogP contribution in [0.3, 0.4) is 0 Å².